The number of aromatic nitrogens is 3. The van der Waals surface area contributed by atoms with E-state index in [1.165, 1.54) is 13.3 Å². The summed E-state index contributed by atoms with van der Waals surface area (Å²) in [6.45, 7) is 2.03. The Morgan fingerprint density at radius 1 is 1.27 bits per heavy atom. The first-order chi connectivity index (χ1) is 14.5. The van der Waals surface area contributed by atoms with Crippen LogP contribution in [-0.2, 0) is 4.74 Å². The van der Waals surface area contributed by atoms with Gasteiger partial charge in [-0.05, 0) is 12.5 Å². The molecule has 3 aromatic rings. The van der Waals surface area contributed by atoms with Crippen LogP contribution in [0.1, 0.15) is 29.0 Å². The third-order valence-corrected chi connectivity index (χ3v) is 4.41. The number of aromatic amines is 1. The molecule has 10 heteroatoms. The number of methoxy groups -OCH3 is 1. The van der Waals surface area contributed by atoms with E-state index < -0.39 is 18.0 Å². The third-order valence-electron chi connectivity index (χ3n) is 4.41. The van der Waals surface area contributed by atoms with Gasteiger partial charge in [0.15, 0.2) is 5.69 Å². The zero-order valence-corrected chi connectivity index (χ0v) is 16.7. The number of carbonyl (C=O) groups excluding carboxylic acids is 2. The molecule has 2 unspecified atom stereocenters. The smallest absolute Gasteiger partial charge is 0.320 e. The highest BCUT2D eigenvalue weighted by Gasteiger charge is 2.17. The standard InChI is InChI=1S/C20H24N6O4/c1-12(13-6-4-3-5-7-13)23-20(29)24-17-8-16-15(10-21-17)18(26-25-16)19(28)22-9-14(27)11-30-2/h3-8,10,12,14,27H,9,11H2,1-2H3,(H,22,28)(H,25,26)(H2,21,23,24,29). The minimum Gasteiger partial charge on any atom is -0.389 e. The maximum absolute atomic E-state index is 12.3. The Morgan fingerprint density at radius 2 is 2.03 bits per heavy atom. The van der Waals surface area contributed by atoms with Crippen LogP contribution in [0.15, 0.2) is 42.6 Å². The summed E-state index contributed by atoms with van der Waals surface area (Å²) in [6.07, 6.45) is 0.644. The summed E-state index contributed by atoms with van der Waals surface area (Å²) in [5.41, 5.74) is 1.67. The van der Waals surface area contributed by atoms with Crippen LogP contribution >= 0.6 is 0 Å². The van der Waals surface area contributed by atoms with E-state index in [2.05, 4.69) is 31.1 Å². The van der Waals surface area contributed by atoms with Crippen molar-refractivity contribution in [2.75, 3.05) is 25.6 Å². The van der Waals surface area contributed by atoms with Gasteiger partial charge in [-0.15, -0.1) is 0 Å². The number of rotatable bonds is 8. The van der Waals surface area contributed by atoms with Gasteiger partial charge in [-0.3, -0.25) is 15.2 Å². The van der Waals surface area contributed by atoms with Gasteiger partial charge in [0.2, 0.25) is 0 Å². The number of anilines is 1. The second-order valence-electron chi connectivity index (χ2n) is 6.74. The van der Waals surface area contributed by atoms with Gasteiger partial charge in [0.1, 0.15) is 5.82 Å². The average Bonchev–Trinajstić information content (AvgIpc) is 3.16. The van der Waals surface area contributed by atoms with Gasteiger partial charge in [0.25, 0.3) is 5.91 Å². The molecule has 0 spiro atoms. The van der Waals surface area contributed by atoms with E-state index in [0.717, 1.165) is 5.56 Å². The number of nitrogens with zero attached hydrogens (tertiary/aromatic N) is 2. The van der Waals surface area contributed by atoms with Gasteiger partial charge in [0.05, 0.1) is 29.7 Å². The normalized spacial score (nSPS) is 12.9. The van der Waals surface area contributed by atoms with Crippen molar-refractivity contribution in [3.63, 3.8) is 0 Å². The fraction of sp³-hybridized carbons (Fsp3) is 0.300. The molecule has 0 fully saturated rings. The number of H-pyrrole nitrogens is 1. The fourth-order valence-electron chi connectivity index (χ4n) is 2.87. The van der Waals surface area contributed by atoms with Crippen molar-refractivity contribution in [3.05, 3.63) is 53.9 Å². The second kappa shape index (κ2) is 9.81. The highest BCUT2D eigenvalue weighted by Crippen LogP contribution is 2.18. The predicted molar refractivity (Wildman–Crippen MR) is 111 cm³/mol. The Hall–Kier alpha value is -3.50. The largest absolute Gasteiger partial charge is 0.389 e. The van der Waals surface area contributed by atoms with Crippen LogP contribution in [0.3, 0.4) is 0 Å². The third kappa shape index (κ3) is 5.31. The van der Waals surface area contributed by atoms with E-state index in [0.29, 0.717) is 16.7 Å². The van der Waals surface area contributed by atoms with E-state index in [4.69, 9.17) is 4.74 Å². The quantitative estimate of drug-likeness (QED) is 0.380. The number of pyridine rings is 1. The number of benzene rings is 1. The lowest BCUT2D eigenvalue weighted by molar-refractivity contribution is 0.0609. The number of aliphatic hydroxyl groups excluding tert-OH is 1. The monoisotopic (exact) mass is 412 g/mol. The molecule has 2 aromatic heterocycles. The molecule has 10 nitrogen and oxygen atoms in total. The predicted octanol–water partition coefficient (Wildman–Crippen LogP) is 1.58. The van der Waals surface area contributed by atoms with Gasteiger partial charge in [-0.1, -0.05) is 30.3 Å². The maximum atomic E-state index is 12.3. The van der Waals surface area contributed by atoms with Crippen LogP contribution in [0.25, 0.3) is 10.9 Å². The van der Waals surface area contributed by atoms with Crippen molar-refractivity contribution in [1.29, 1.82) is 0 Å². The lowest BCUT2D eigenvalue weighted by atomic mass is 10.1. The van der Waals surface area contributed by atoms with Crippen molar-refractivity contribution in [1.82, 2.24) is 25.8 Å². The number of nitrogens with one attached hydrogen (secondary N) is 4. The number of fused-ring (bicyclic) bond motifs is 1. The Kier molecular flexibility index (Phi) is 6.94. The van der Waals surface area contributed by atoms with Crippen molar-refractivity contribution < 1.29 is 19.4 Å². The molecule has 0 radical (unpaired) electrons. The molecule has 158 valence electrons. The lowest BCUT2D eigenvalue weighted by Gasteiger charge is -2.14. The van der Waals surface area contributed by atoms with Crippen molar-refractivity contribution >= 4 is 28.7 Å². The fourth-order valence-corrected chi connectivity index (χ4v) is 2.87. The Balaban J connectivity index is 1.62. The lowest BCUT2D eigenvalue weighted by Crippen LogP contribution is -2.34. The van der Waals surface area contributed by atoms with Gasteiger partial charge in [-0.2, -0.15) is 5.10 Å². The SMILES string of the molecule is COCC(O)CNC(=O)c1n[nH]c2cc(NC(=O)NC(C)c3ccccc3)ncc12. The molecule has 30 heavy (non-hydrogen) atoms. The Labute approximate surface area is 173 Å². The molecule has 2 heterocycles. The first-order valence-electron chi connectivity index (χ1n) is 9.39. The Bertz CT molecular complexity index is 1010. The van der Waals surface area contributed by atoms with Crippen LogP contribution < -0.4 is 16.0 Å². The van der Waals surface area contributed by atoms with E-state index >= 15 is 0 Å². The first-order valence-corrected chi connectivity index (χ1v) is 9.39. The summed E-state index contributed by atoms with van der Waals surface area (Å²) < 4.78 is 4.82. The van der Waals surface area contributed by atoms with Gasteiger partial charge in [-0.25, -0.2) is 9.78 Å². The zero-order chi connectivity index (χ0) is 21.5. The Morgan fingerprint density at radius 3 is 2.77 bits per heavy atom. The molecular weight excluding hydrogens is 388 g/mol. The van der Waals surface area contributed by atoms with Crippen LogP contribution in [0.2, 0.25) is 0 Å². The number of carbonyl (C=O) groups is 2. The highest BCUT2D eigenvalue weighted by molar-refractivity contribution is 6.05. The van der Waals surface area contributed by atoms with E-state index in [1.807, 2.05) is 37.3 Å². The van der Waals surface area contributed by atoms with Crippen LogP contribution in [0, 0.1) is 0 Å². The maximum Gasteiger partial charge on any atom is 0.320 e. The average molecular weight is 412 g/mol. The number of ether oxygens (including phenoxy) is 1. The molecule has 2 atom stereocenters. The van der Waals surface area contributed by atoms with Crippen LogP contribution in [0.4, 0.5) is 10.6 Å². The van der Waals surface area contributed by atoms with Crippen LogP contribution in [0.5, 0.6) is 0 Å². The summed E-state index contributed by atoms with van der Waals surface area (Å²) in [6, 6.07) is 10.6. The molecule has 0 saturated heterocycles. The zero-order valence-electron chi connectivity index (χ0n) is 16.7. The minimum atomic E-state index is -0.810. The van der Waals surface area contributed by atoms with Gasteiger partial charge < -0.3 is 20.5 Å². The highest BCUT2D eigenvalue weighted by atomic mass is 16.5. The van der Waals surface area contributed by atoms with E-state index in [1.54, 1.807) is 6.07 Å². The van der Waals surface area contributed by atoms with Crippen molar-refractivity contribution in [2.45, 2.75) is 19.1 Å². The summed E-state index contributed by atoms with van der Waals surface area (Å²) in [4.78, 5) is 28.7. The number of amides is 3. The van der Waals surface area contributed by atoms with E-state index in [-0.39, 0.29) is 24.9 Å². The number of hydrogen-bond acceptors (Lipinski definition) is 6. The molecular formula is C20H24N6O4. The van der Waals surface area contributed by atoms with Gasteiger partial charge >= 0.3 is 6.03 Å². The first kappa shape index (κ1) is 21.2. The van der Waals surface area contributed by atoms with E-state index in [9.17, 15) is 14.7 Å². The minimum absolute atomic E-state index is 0.0356. The second-order valence-corrected chi connectivity index (χ2v) is 6.74. The molecule has 0 aliphatic rings. The topological polar surface area (TPSA) is 141 Å². The molecule has 0 aliphatic heterocycles. The molecule has 3 amide bonds. The van der Waals surface area contributed by atoms with Crippen molar-refractivity contribution in [2.24, 2.45) is 0 Å². The van der Waals surface area contributed by atoms with Crippen molar-refractivity contribution in [3.8, 4) is 0 Å². The van der Waals surface area contributed by atoms with Gasteiger partial charge in [0, 0.05) is 25.9 Å². The number of hydrogen-bond donors (Lipinski definition) is 5. The summed E-state index contributed by atoms with van der Waals surface area (Å²) in [5, 5.41) is 25.0. The molecule has 5 N–H and O–H groups in total. The summed E-state index contributed by atoms with van der Waals surface area (Å²) in [7, 11) is 1.46. The molecule has 1 aromatic carbocycles. The molecule has 3 rings (SSSR count). The summed E-state index contributed by atoms with van der Waals surface area (Å²) >= 11 is 0. The number of aliphatic hydroxyl groups is 1. The molecule has 0 bridgehead atoms. The summed E-state index contributed by atoms with van der Waals surface area (Å²) in [5.74, 6) is -0.139. The van der Waals surface area contributed by atoms with Crippen LogP contribution in [-0.4, -0.2) is 58.6 Å². The molecule has 0 aliphatic carbocycles. The number of urea groups is 1. The molecule has 0 saturated carbocycles.